The highest BCUT2D eigenvalue weighted by molar-refractivity contribution is 7.98. The summed E-state index contributed by atoms with van der Waals surface area (Å²) in [5.74, 6) is 1.59. The summed E-state index contributed by atoms with van der Waals surface area (Å²) in [6, 6.07) is 4.89. The topological polar surface area (TPSA) is 0 Å². The molecule has 0 nitrogen and oxygen atoms in total. The highest BCUT2D eigenvalue weighted by atomic mass is 35.5. The predicted octanol–water partition coefficient (Wildman–Crippen LogP) is 6.07. The maximum absolute atomic E-state index is 13.5. The fourth-order valence-electron chi connectivity index (χ4n) is 1.83. The SMILES string of the molecule is CCCCCCCCSCc1c(F)cccc1Cl. The molecule has 1 aromatic carbocycles. The quantitative estimate of drug-likeness (QED) is 0.497. The van der Waals surface area contributed by atoms with Crippen LogP contribution in [0.2, 0.25) is 5.02 Å². The van der Waals surface area contributed by atoms with E-state index in [1.807, 2.05) is 0 Å². The van der Waals surface area contributed by atoms with E-state index in [0.29, 0.717) is 16.3 Å². The van der Waals surface area contributed by atoms with Gasteiger partial charge in [-0.05, 0) is 24.3 Å². The zero-order valence-corrected chi connectivity index (χ0v) is 12.6. The maximum atomic E-state index is 13.5. The van der Waals surface area contributed by atoms with Crippen LogP contribution in [0.5, 0.6) is 0 Å². The predicted molar refractivity (Wildman–Crippen MR) is 80.9 cm³/mol. The molecule has 0 unspecified atom stereocenters. The molecule has 0 radical (unpaired) electrons. The third-order valence-corrected chi connectivity index (χ3v) is 4.37. The van der Waals surface area contributed by atoms with Crippen LogP contribution in [0.3, 0.4) is 0 Å². The van der Waals surface area contributed by atoms with E-state index >= 15 is 0 Å². The number of rotatable bonds is 9. The van der Waals surface area contributed by atoms with Gasteiger partial charge >= 0.3 is 0 Å². The zero-order valence-electron chi connectivity index (χ0n) is 11.1. The second-order valence-corrected chi connectivity index (χ2v) is 6.03. The van der Waals surface area contributed by atoms with Gasteiger partial charge < -0.3 is 0 Å². The highest BCUT2D eigenvalue weighted by Crippen LogP contribution is 2.24. The van der Waals surface area contributed by atoms with Crippen LogP contribution in [0, 0.1) is 5.82 Å². The standard InChI is InChI=1S/C15H22ClFS/c1-2-3-4-5-6-7-11-18-12-13-14(16)9-8-10-15(13)17/h8-10H,2-7,11-12H2,1H3. The summed E-state index contributed by atoms with van der Waals surface area (Å²) in [6.45, 7) is 2.23. The van der Waals surface area contributed by atoms with E-state index in [-0.39, 0.29) is 5.82 Å². The first-order chi connectivity index (χ1) is 8.75. The number of thioether (sulfide) groups is 1. The van der Waals surface area contributed by atoms with Crippen molar-refractivity contribution in [3.8, 4) is 0 Å². The molecule has 0 bridgehead atoms. The van der Waals surface area contributed by atoms with Gasteiger partial charge in [0.1, 0.15) is 5.82 Å². The Morgan fingerprint density at radius 3 is 2.56 bits per heavy atom. The molecule has 0 atom stereocenters. The molecule has 0 amide bonds. The monoisotopic (exact) mass is 288 g/mol. The third-order valence-electron chi connectivity index (χ3n) is 2.95. The van der Waals surface area contributed by atoms with Crippen molar-refractivity contribution in [1.82, 2.24) is 0 Å². The van der Waals surface area contributed by atoms with Crippen LogP contribution < -0.4 is 0 Å². The summed E-state index contributed by atoms with van der Waals surface area (Å²) in [4.78, 5) is 0. The molecule has 1 rings (SSSR count). The lowest BCUT2D eigenvalue weighted by Crippen LogP contribution is -1.90. The van der Waals surface area contributed by atoms with Crippen molar-refractivity contribution in [3.05, 3.63) is 34.6 Å². The van der Waals surface area contributed by atoms with E-state index in [1.165, 1.54) is 44.6 Å². The Balaban J connectivity index is 2.11. The van der Waals surface area contributed by atoms with E-state index in [9.17, 15) is 4.39 Å². The van der Waals surface area contributed by atoms with Gasteiger partial charge in [-0.15, -0.1) is 0 Å². The molecule has 0 aliphatic rings. The molecule has 0 spiro atoms. The summed E-state index contributed by atoms with van der Waals surface area (Å²) < 4.78 is 13.5. The molecule has 3 heteroatoms. The number of benzene rings is 1. The largest absolute Gasteiger partial charge is 0.207 e. The molecular weight excluding hydrogens is 267 g/mol. The fraction of sp³-hybridized carbons (Fsp3) is 0.600. The second kappa shape index (κ2) is 9.69. The first-order valence-electron chi connectivity index (χ1n) is 6.76. The third kappa shape index (κ3) is 6.10. The molecule has 0 saturated carbocycles. The van der Waals surface area contributed by atoms with Gasteiger partial charge in [-0.2, -0.15) is 11.8 Å². The Bertz CT molecular complexity index is 321. The summed E-state index contributed by atoms with van der Waals surface area (Å²) in [6.07, 6.45) is 7.83. The summed E-state index contributed by atoms with van der Waals surface area (Å²) in [5, 5.41) is 0.547. The Morgan fingerprint density at radius 2 is 1.83 bits per heavy atom. The minimum atomic E-state index is -0.182. The van der Waals surface area contributed by atoms with Crippen LogP contribution in [-0.2, 0) is 5.75 Å². The van der Waals surface area contributed by atoms with Crippen LogP contribution in [-0.4, -0.2) is 5.75 Å². The summed E-state index contributed by atoms with van der Waals surface area (Å²) in [7, 11) is 0. The molecule has 0 aliphatic heterocycles. The zero-order chi connectivity index (χ0) is 13.2. The fourth-order valence-corrected chi connectivity index (χ4v) is 3.19. The van der Waals surface area contributed by atoms with E-state index in [1.54, 1.807) is 23.9 Å². The van der Waals surface area contributed by atoms with Gasteiger partial charge in [0.2, 0.25) is 0 Å². The number of halogens is 2. The molecule has 0 fully saturated rings. The van der Waals surface area contributed by atoms with Crippen molar-refractivity contribution in [2.45, 2.75) is 51.2 Å². The van der Waals surface area contributed by atoms with E-state index < -0.39 is 0 Å². The molecule has 0 saturated heterocycles. The van der Waals surface area contributed by atoms with Gasteiger partial charge in [0.05, 0.1) is 0 Å². The molecule has 0 heterocycles. The molecule has 1 aromatic rings. The van der Waals surface area contributed by atoms with E-state index in [0.717, 1.165) is 5.75 Å². The number of hydrogen-bond donors (Lipinski definition) is 0. The first-order valence-corrected chi connectivity index (χ1v) is 8.29. The molecule has 0 N–H and O–H groups in total. The number of hydrogen-bond acceptors (Lipinski definition) is 1. The van der Waals surface area contributed by atoms with Gasteiger partial charge in [-0.25, -0.2) is 4.39 Å². The van der Waals surface area contributed by atoms with Gasteiger partial charge in [0, 0.05) is 16.3 Å². The lowest BCUT2D eigenvalue weighted by molar-refractivity contribution is 0.617. The van der Waals surface area contributed by atoms with E-state index in [2.05, 4.69) is 6.92 Å². The van der Waals surface area contributed by atoms with Crippen molar-refractivity contribution >= 4 is 23.4 Å². The Labute approximate surface area is 119 Å². The lowest BCUT2D eigenvalue weighted by Gasteiger charge is -2.05. The van der Waals surface area contributed by atoms with Crippen molar-refractivity contribution in [2.24, 2.45) is 0 Å². The Kier molecular flexibility index (Phi) is 8.53. The minimum Gasteiger partial charge on any atom is -0.207 e. The number of unbranched alkanes of at least 4 members (excludes halogenated alkanes) is 5. The highest BCUT2D eigenvalue weighted by Gasteiger charge is 2.06. The van der Waals surface area contributed by atoms with Gasteiger partial charge in [0.25, 0.3) is 0 Å². The van der Waals surface area contributed by atoms with Gasteiger partial charge in [-0.1, -0.05) is 56.7 Å². The maximum Gasteiger partial charge on any atom is 0.128 e. The normalized spacial score (nSPS) is 10.8. The van der Waals surface area contributed by atoms with Crippen LogP contribution in [0.4, 0.5) is 4.39 Å². The Morgan fingerprint density at radius 1 is 1.11 bits per heavy atom. The van der Waals surface area contributed by atoms with Gasteiger partial charge in [-0.3, -0.25) is 0 Å². The van der Waals surface area contributed by atoms with Crippen molar-refractivity contribution < 1.29 is 4.39 Å². The molecule has 0 aliphatic carbocycles. The van der Waals surface area contributed by atoms with Crippen molar-refractivity contribution in [3.63, 3.8) is 0 Å². The lowest BCUT2D eigenvalue weighted by atomic mass is 10.1. The van der Waals surface area contributed by atoms with Crippen LogP contribution in [0.25, 0.3) is 0 Å². The summed E-state index contributed by atoms with van der Waals surface area (Å²) >= 11 is 7.75. The van der Waals surface area contributed by atoms with Crippen molar-refractivity contribution in [1.29, 1.82) is 0 Å². The van der Waals surface area contributed by atoms with Crippen LogP contribution in [0.1, 0.15) is 51.0 Å². The minimum absolute atomic E-state index is 0.182. The average molecular weight is 289 g/mol. The van der Waals surface area contributed by atoms with Gasteiger partial charge in [0.15, 0.2) is 0 Å². The second-order valence-electron chi connectivity index (χ2n) is 4.52. The summed E-state index contributed by atoms with van der Waals surface area (Å²) in [5.41, 5.74) is 0.648. The average Bonchev–Trinajstić information content (AvgIpc) is 2.35. The molecule has 18 heavy (non-hydrogen) atoms. The van der Waals surface area contributed by atoms with Crippen LogP contribution >= 0.6 is 23.4 Å². The molecule has 0 aromatic heterocycles. The first kappa shape index (κ1) is 15.8. The molecular formula is C15H22ClFS. The smallest absolute Gasteiger partial charge is 0.128 e. The van der Waals surface area contributed by atoms with Crippen molar-refractivity contribution in [2.75, 3.05) is 5.75 Å². The van der Waals surface area contributed by atoms with E-state index in [4.69, 9.17) is 11.6 Å². The Hall–Kier alpha value is -0.210. The molecule has 102 valence electrons. The van der Waals surface area contributed by atoms with Crippen LogP contribution in [0.15, 0.2) is 18.2 Å².